The van der Waals surface area contributed by atoms with Gasteiger partial charge in [-0.1, -0.05) is 30.3 Å². The van der Waals surface area contributed by atoms with Gasteiger partial charge in [0, 0.05) is 32.1 Å². The molecule has 1 unspecified atom stereocenters. The van der Waals surface area contributed by atoms with Crippen molar-refractivity contribution in [3.63, 3.8) is 0 Å². The number of hydrogen-bond donors (Lipinski definition) is 3. The SMILES string of the molecule is Cn1ncc2c(NCC3CC3(Cl)Cl)nc(NC[C@H](N)c3ccccc3)nc21. The number of aromatic nitrogens is 4. The first-order chi connectivity index (χ1) is 12.9. The van der Waals surface area contributed by atoms with Gasteiger partial charge in [0.15, 0.2) is 5.65 Å². The van der Waals surface area contributed by atoms with Crippen LogP contribution in [0.3, 0.4) is 0 Å². The van der Waals surface area contributed by atoms with E-state index in [0.717, 1.165) is 23.0 Å². The second-order valence-corrected chi connectivity index (χ2v) is 8.38. The number of aryl methyl sites for hydroxylation is 1. The number of hydrogen-bond acceptors (Lipinski definition) is 6. The van der Waals surface area contributed by atoms with Crippen molar-refractivity contribution in [2.75, 3.05) is 23.7 Å². The Morgan fingerprint density at radius 2 is 2.00 bits per heavy atom. The van der Waals surface area contributed by atoms with Crippen LogP contribution in [0.25, 0.3) is 11.0 Å². The molecule has 7 nitrogen and oxygen atoms in total. The lowest BCUT2D eigenvalue weighted by molar-refractivity contribution is 0.756. The molecule has 1 aliphatic carbocycles. The van der Waals surface area contributed by atoms with E-state index in [-0.39, 0.29) is 12.0 Å². The lowest BCUT2D eigenvalue weighted by atomic mass is 10.1. The zero-order valence-electron chi connectivity index (χ0n) is 14.9. The standard InChI is InChI=1S/C18H21Cl2N7/c1-27-16-13(9-24-27)15(22-8-12-7-18(12,19)20)25-17(26-16)23-10-14(21)11-5-3-2-4-6-11/h2-6,9,12,14H,7-8,10,21H2,1H3,(H2,22,23,25,26)/t12?,14-/m0/s1. The van der Waals surface area contributed by atoms with Gasteiger partial charge in [0.2, 0.25) is 5.95 Å². The van der Waals surface area contributed by atoms with Gasteiger partial charge in [-0.15, -0.1) is 23.2 Å². The largest absolute Gasteiger partial charge is 0.369 e. The summed E-state index contributed by atoms with van der Waals surface area (Å²) in [5.41, 5.74) is 8.05. The lowest BCUT2D eigenvalue weighted by Gasteiger charge is -2.14. The second-order valence-electron chi connectivity index (χ2n) is 6.84. The summed E-state index contributed by atoms with van der Waals surface area (Å²) < 4.78 is 1.09. The molecule has 1 saturated carbocycles. The van der Waals surface area contributed by atoms with Crippen LogP contribution < -0.4 is 16.4 Å². The highest BCUT2D eigenvalue weighted by atomic mass is 35.5. The van der Waals surface area contributed by atoms with E-state index in [9.17, 15) is 0 Å². The average molecular weight is 406 g/mol. The summed E-state index contributed by atoms with van der Waals surface area (Å²) in [5.74, 6) is 1.42. The molecule has 0 aliphatic heterocycles. The smallest absolute Gasteiger partial charge is 0.226 e. The number of fused-ring (bicyclic) bond motifs is 1. The molecule has 0 spiro atoms. The van der Waals surface area contributed by atoms with Gasteiger partial charge in [-0.2, -0.15) is 15.1 Å². The van der Waals surface area contributed by atoms with Crippen LogP contribution in [0.15, 0.2) is 36.5 Å². The third-order valence-electron chi connectivity index (χ3n) is 4.77. The molecule has 0 saturated heterocycles. The zero-order valence-corrected chi connectivity index (χ0v) is 16.4. The van der Waals surface area contributed by atoms with E-state index >= 15 is 0 Å². The minimum Gasteiger partial charge on any atom is -0.369 e. The van der Waals surface area contributed by atoms with Gasteiger partial charge in [0.05, 0.1) is 11.6 Å². The van der Waals surface area contributed by atoms with Crippen LogP contribution in [0.2, 0.25) is 0 Å². The highest BCUT2D eigenvalue weighted by Crippen LogP contribution is 2.53. The molecule has 142 valence electrons. The molecule has 1 aromatic carbocycles. The van der Waals surface area contributed by atoms with Gasteiger partial charge in [-0.3, -0.25) is 4.68 Å². The monoisotopic (exact) mass is 405 g/mol. The van der Waals surface area contributed by atoms with Crippen molar-refractivity contribution >= 4 is 46.0 Å². The summed E-state index contributed by atoms with van der Waals surface area (Å²) in [5, 5.41) is 11.7. The van der Waals surface area contributed by atoms with Crippen molar-refractivity contribution in [3.8, 4) is 0 Å². The van der Waals surface area contributed by atoms with Crippen LogP contribution in [0, 0.1) is 5.92 Å². The summed E-state index contributed by atoms with van der Waals surface area (Å²) in [6.45, 7) is 1.17. The van der Waals surface area contributed by atoms with Crippen LogP contribution in [0.1, 0.15) is 18.0 Å². The van der Waals surface area contributed by atoms with Crippen LogP contribution in [-0.2, 0) is 7.05 Å². The predicted molar refractivity (Wildman–Crippen MR) is 109 cm³/mol. The minimum absolute atomic E-state index is 0.159. The number of alkyl halides is 2. The normalized spacial score (nSPS) is 19.0. The van der Waals surface area contributed by atoms with Crippen molar-refractivity contribution < 1.29 is 0 Å². The van der Waals surface area contributed by atoms with E-state index < -0.39 is 4.33 Å². The maximum atomic E-state index is 6.26. The molecule has 27 heavy (non-hydrogen) atoms. The number of anilines is 2. The number of benzene rings is 1. The topological polar surface area (TPSA) is 93.7 Å². The molecule has 9 heteroatoms. The highest BCUT2D eigenvalue weighted by molar-refractivity contribution is 6.50. The average Bonchev–Trinajstić information content (AvgIpc) is 3.11. The Balaban J connectivity index is 1.51. The van der Waals surface area contributed by atoms with Crippen molar-refractivity contribution in [1.82, 2.24) is 19.7 Å². The fourth-order valence-electron chi connectivity index (χ4n) is 2.97. The van der Waals surface area contributed by atoms with E-state index in [1.165, 1.54) is 0 Å². The van der Waals surface area contributed by atoms with Crippen LogP contribution in [0.4, 0.5) is 11.8 Å². The molecule has 0 amide bonds. The van der Waals surface area contributed by atoms with Gasteiger partial charge < -0.3 is 16.4 Å². The molecule has 2 aromatic heterocycles. The van der Waals surface area contributed by atoms with Gasteiger partial charge in [-0.05, 0) is 12.0 Å². The van der Waals surface area contributed by atoms with Gasteiger partial charge >= 0.3 is 0 Å². The van der Waals surface area contributed by atoms with Crippen molar-refractivity contribution in [1.29, 1.82) is 0 Å². The zero-order chi connectivity index (χ0) is 19.0. The quantitative estimate of drug-likeness (QED) is 0.522. The summed E-state index contributed by atoms with van der Waals surface area (Å²) in [4.78, 5) is 9.16. The first-order valence-corrected chi connectivity index (χ1v) is 9.55. The van der Waals surface area contributed by atoms with Crippen molar-refractivity contribution in [2.24, 2.45) is 18.7 Å². The summed E-state index contributed by atoms with van der Waals surface area (Å²) in [6, 6.07) is 9.77. The molecule has 2 atom stereocenters. The third kappa shape index (κ3) is 3.95. The molecule has 3 aromatic rings. The van der Waals surface area contributed by atoms with E-state index in [2.05, 4.69) is 25.7 Å². The van der Waals surface area contributed by atoms with Crippen LogP contribution >= 0.6 is 23.2 Å². The fourth-order valence-corrected chi connectivity index (χ4v) is 3.49. The Bertz CT molecular complexity index is 942. The number of nitrogens with two attached hydrogens (primary N) is 1. The maximum absolute atomic E-state index is 6.26. The first kappa shape index (κ1) is 18.3. The van der Waals surface area contributed by atoms with Gasteiger partial charge in [-0.25, -0.2) is 0 Å². The Morgan fingerprint density at radius 1 is 1.26 bits per heavy atom. The number of nitrogens with one attached hydrogen (secondary N) is 2. The van der Waals surface area contributed by atoms with Crippen molar-refractivity contribution in [2.45, 2.75) is 16.8 Å². The molecule has 1 fully saturated rings. The fraction of sp³-hybridized carbons (Fsp3) is 0.389. The first-order valence-electron chi connectivity index (χ1n) is 8.80. The van der Waals surface area contributed by atoms with Crippen LogP contribution in [0.5, 0.6) is 0 Å². The summed E-state index contributed by atoms with van der Waals surface area (Å²) >= 11 is 12.2. The molecule has 4 N–H and O–H groups in total. The maximum Gasteiger partial charge on any atom is 0.226 e. The Labute approximate surface area is 167 Å². The Kier molecular flexibility index (Phi) is 4.84. The van der Waals surface area contributed by atoms with Gasteiger partial charge in [0.1, 0.15) is 10.2 Å². The molecule has 4 rings (SSSR count). The third-order valence-corrected chi connectivity index (χ3v) is 5.70. The molecular weight excluding hydrogens is 385 g/mol. The number of rotatable bonds is 7. The van der Waals surface area contributed by atoms with E-state index in [4.69, 9.17) is 28.9 Å². The minimum atomic E-state index is -0.627. The Morgan fingerprint density at radius 3 is 2.70 bits per heavy atom. The van der Waals surface area contributed by atoms with E-state index in [1.54, 1.807) is 10.9 Å². The molecular formula is C18H21Cl2N7. The predicted octanol–water partition coefficient (Wildman–Crippen LogP) is 3.08. The van der Waals surface area contributed by atoms with Crippen LogP contribution in [-0.4, -0.2) is 37.2 Å². The van der Waals surface area contributed by atoms with E-state index in [1.807, 2.05) is 37.4 Å². The van der Waals surface area contributed by atoms with Gasteiger partial charge in [0.25, 0.3) is 0 Å². The highest BCUT2D eigenvalue weighted by Gasteiger charge is 2.51. The summed E-state index contributed by atoms with van der Waals surface area (Å²) in [7, 11) is 1.85. The number of nitrogens with zero attached hydrogens (tertiary/aromatic N) is 4. The number of halogens is 2. The van der Waals surface area contributed by atoms with E-state index in [0.29, 0.717) is 24.9 Å². The molecule has 1 aliphatic rings. The molecule has 2 heterocycles. The molecule has 0 radical (unpaired) electrons. The Hall–Kier alpha value is -2.09. The summed E-state index contributed by atoms with van der Waals surface area (Å²) in [6.07, 6.45) is 2.53. The second kappa shape index (κ2) is 7.14. The lowest BCUT2D eigenvalue weighted by Crippen LogP contribution is -2.21. The van der Waals surface area contributed by atoms with Crippen molar-refractivity contribution in [3.05, 3.63) is 42.1 Å². The molecule has 0 bridgehead atoms.